The number of imidazole rings is 1. The summed E-state index contributed by atoms with van der Waals surface area (Å²) in [6, 6.07) is 22.6. The molecule has 1 heterocycles. The second-order valence-electron chi connectivity index (χ2n) is 7.30. The van der Waals surface area contributed by atoms with Gasteiger partial charge in [-0.3, -0.25) is 4.79 Å². The highest BCUT2D eigenvalue weighted by molar-refractivity contribution is 5.88. The SMILES string of the molecule is CCC(=O)NCCc1nc2ccccc2n1CCCOc1cccc2ccccc12. The Morgan fingerprint density at radius 1 is 1.03 bits per heavy atom. The molecule has 0 fully saturated rings. The van der Waals surface area contributed by atoms with Gasteiger partial charge in [0, 0.05) is 31.3 Å². The zero-order chi connectivity index (χ0) is 20.8. The van der Waals surface area contributed by atoms with E-state index in [1.54, 1.807) is 0 Å². The van der Waals surface area contributed by atoms with Crippen LogP contribution in [0.2, 0.25) is 0 Å². The Kier molecular flexibility index (Phi) is 6.28. The molecule has 154 valence electrons. The number of aromatic nitrogens is 2. The molecule has 0 aliphatic heterocycles. The van der Waals surface area contributed by atoms with Crippen molar-refractivity contribution in [2.24, 2.45) is 0 Å². The highest BCUT2D eigenvalue weighted by Crippen LogP contribution is 2.25. The zero-order valence-corrected chi connectivity index (χ0v) is 17.3. The molecule has 0 spiro atoms. The Bertz CT molecular complexity index is 1140. The third-order valence-electron chi connectivity index (χ3n) is 5.26. The topological polar surface area (TPSA) is 56.2 Å². The molecule has 0 bridgehead atoms. The lowest BCUT2D eigenvalue weighted by Gasteiger charge is -2.12. The first-order valence-electron chi connectivity index (χ1n) is 10.6. The number of carbonyl (C=O) groups is 1. The van der Waals surface area contributed by atoms with Gasteiger partial charge in [0.2, 0.25) is 5.91 Å². The summed E-state index contributed by atoms with van der Waals surface area (Å²) in [6.45, 7) is 3.91. The van der Waals surface area contributed by atoms with Gasteiger partial charge >= 0.3 is 0 Å². The maximum atomic E-state index is 11.5. The van der Waals surface area contributed by atoms with E-state index in [-0.39, 0.29) is 5.91 Å². The Labute approximate surface area is 176 Å². The summed E-state index contributed by atoms with van der Waals surface area (Å²) in [7, 11) is 0. The van der Waals surface area contributed by atoms with Crippen LogP contribution in [-0.4, -0.2) is 28.6 Å². The van der Waals surface area contributed by atoms with Gasteiger partial charge in [-0.2, -0.15) is 0 Å². The summed E-state index contributed by atoms with van der Waals surface area (Å²) in [4.78, 5) is 16.3. The molecule has 1 N–H and O–H groups in total. The van der Waals surface area contributed by atoms with Crippen molar-refractivity contribution in [1.82, 2.24) is 14.9 Å². The number of hydrogen-bond donors (Lipinski definition) is 1. The lowest BCUT2D eigenvalue weighted by Crippen LogP contribution is -2.25. The number of carbonyl (C=O) groups excluding carboxylic acids is 1. The highest BCUT2D eigenvalue weighted by atomic mass is 16.5. The quantitative estimate of drug-likeness (QED) is 0.413. The van der Waals surface area contributed by atoms with Crippen molar-refractivity contribution in [3.63, 3.8) is 0 Å². The fourth-order valence-electron chi connectivity index (χ4n) is 3.73. The van der Waals surface area contributed by atoms with Crippen molar-refractivity contribution in [2.75, 3.05) is 13.2 Å². The van der Waals surface area contributed by atoms with Crippen LogP contribution in [0.3, 0.4) is 0 Å². The molecule has 3 aromatic carbocycles. The number of rotatable bonds is 9. The van der Waals surface area contributed by atoms with Crippen molar-refractivity contribution in [2.45, 2.75) is 32.7 Å². The number of amides is 1. The summed E-state index contributed by atoms with van der Waals surface area (Å²) in [5.41, 5.74) is 2.11. The fraction of sp³-hybridized carbons (Fsp3) is 0.280. The zero-order valence-electron chi connectivity index (χ0n) is 17.3. The smallest absolute Gasteiger partial charge is 0.219 e. The number of nitrogens with zero attached hydrogens (tertiary/aromatic N) is 2. The summed E-state index contributed by atoms with van der Waals surface area (Å²) in [6.07, 6.45) is 2.09. The molecule has 0 saturated carbocycles. The second kappa shape index (κ2) is 9.44. The van der Waals surface area contributed by atoms with Crippen LogP contribution in [0.15, 0.2) is 66.7 Å². The van der Waals surface area contributed by atoms with Crippen LogP contribution >= 0.6 is 0 Å². The molecule has 0 saturated heterocycles. The normalized spacial score (nSPS) is 11.1. The molecule has 0 atom stereocenters. The van der Waals surface area contributed by atoms with Crippen molar-refractivity contribution >= 4 is 27.7 Å². The molecule has 0 radical (unpaired) electrons. The molecule has 0 aliphatic carbocycles. The first-order valence-corrected chi connectivity index (χ1v) is 10.6. The van der Waals surface area contributed by atoms with Crippen LogP contribution < -0.4 is 10.1 Å². The maximum absolute atomic E-state index is 11.5. The van der Waals surface area contributed by atoms with Crippen molar-refractivity contribution < 1.29 is 9.53 Å². The first-order chi connectivity index (χ1) is 14.8. The molecule has 0 aliphatic rings. The predicted molar refractivity (Wildman–Crippen MR) is 121 cm³/mol. The monoisotopic (exact) mass is 401 g/mol. The van der Waals surface area contributed by atoms with E-state index in [9.17, 15) is 4.79 Å². The van der Waals surface area contributed by atoms with Gasteiger partial charge in [0.25, 0.3) is 0 Å². The minimum Gasteiger partial charge on any atom is -0.493 e. The summed E-state index contributed by atoms with van der Waals surface area (Å²) in [5, 5.41) is 5.27. The standard InChI is InChI=1S/C25H27N3O2/c1-2-25(29)26-16-15-24-27-21-12-5-6-13-22(21)28(24)17-8-18-30-23-14-7-10-19-9-3-4-11-20(19)23/h3-7,9-14H,2,8,15-18H2,1H3,(H,26,29). The molecule has 1 aromatic heterocycles. The number of aryl methyl sites for hydroxylation is 1. The Hall–Kier alpha value is -3.34. The number of fused-ring (bicyclic) bond motifs is 2. The highest BCUT2D eigenvalue weighted by Gasteiger charge is 2.11. The maximum Gasteiger partial charge on any atom is 0.219 e. The average molecular weight is 402 g/mol. The van der Waals surface area contributed by atoms with Crippen molar-refractivity contribution in [3.8, 4) is 5.75 Å². The van der Waals surface area contributed by atoms with Gasteiger partial charge in [-0.1, -0.05) is 55.5 Å². The van der Waals surface area contributed by atoms with Crippen molar-refractivity contribution in [1.29, 1.82) is 0 Å². The van der Waals surface area contributed by atoms with E-state index >= 15 is 0 Å². The molecule has 1 amide bonds. The van der Waals surface area contributed by atoms with E-state index in [0.717, 1.165) is 41.0 Å². The number of para-hydroxylation sites is 2. The van der Waals surface area contributed by atoms with E-state index in [0.29, 0.717) is 26.0 Å². The number of nitrogens with one attached hydrogen (secondary N) is 1. The van der Waals surface area contributed by atoms with Gasteiger partial charge in [0.1, 0.15) is 11.6 Å². The number of hydrogen-bond acceptors (Lipinski definition) is 3. The van der Waals surface area contributed by atoms with E-state index in [4.69, 9.17) is 9.72 Å². The van der Waals surface area contributed by atoms with E-state index in [1.165, 1.54) is 5.39 Å². The third-order valence-corrected chi connectivity index (χ3v) is 5.26. The van der Waals surface area contributed by atoms with Gasteiger partial charge in [-0.25, -0.2) is 4.98 Å². The Morgan fingerprint density at radius 2 is 1.83 bits per heavy atom. The molecule has 0 unspecified atom stereocenters. The third kappa shape index (κ3) is 4.46. The molecular formula is C25H27N3O2. The van der Waals surface area contributed by atoms with E-state index in [2.05, 4.69) is 34.1 Å². The van der Waals surface area contributed by atoms with Crippen molar-refractivity contribution in [3.05, 3.63) is 72.6 Å². The molecule has 5 nitrogen and oxygen atoms in total. The van der Waals surface area contributed by atoms with Crippen LogP contribution in [-0.2, 0) is 17.8 Å². The molecule has 30 heavy (non-hydrogen) atoms. The summed E-state index contributed by atoms with van der Waals surface area (Å²) in [5.74, 6) is 1.99. The average Bonchev–Trinajstić information content (AvgIpc) is 3.14. The number of benzene rings is 3. The minimum atomic E-state index is 0.0705. The van der Waals surface area contributed by atoms with Crippen LogP contribution in [0.5, 0.6) is 5.75 Å². The van der Waals surface area contributed by atoms with Gasteiger partial charge in [0.05, 0.1) is 17.6 Å². The molecular weight excluding hydrogens is 374 g/mol. The van der Waals surface area contributed by atoms with Crippen LogP contribution in [0.25, 0.3) is 21.8 Å². The summed E-state index contributed by atoms with van der Waals surface area (Å²) < 4.78 is 8.36. The van der Waals surface area contributed by atoms with E-state index < -0.39 is 0 Å². The molecule has 4 aromatic rings. The van der Waals surface area contributed by atoms with E-state index in [1.807, 2.05) is 49.4 Å². The minimum absolute atomic E-state index is 0.0705. The van der Waals surface area contributed by atoms with Gasteiger partial charge in [-0.15, -0.1) is 0 Å². The molecule has 5 heteroatoms. The van der Waals surface area contributed by atoms with Gasteiger partial charge < -0.3 is 14.6 Å². The number of ether oxygens (including phenoxy) is 1. The Balaban J connectivity index is 1.42. The van der Waals surface area contributed by atoms with Crippen LogP contribution in [0, 0.1) is 0 Å². The van der Waals surface area contributed by atoms with Crippen LogP contribution in [0.1, 0.15) is 25.6 Å². The first kappa shape index (κ1) is 20.0. The van der Waals surface area contributed by atoms with Crippen LogP contribution in [0.4, 0.5) is 0 Å². The van der Waals surface area contributed by atoms with Gasteiger partial charge in [0.15, 0.2) is 0 Å². The second-order valence-corrected chi connectivity index (χ2v) is 7.30. The summed E-state index contributed by atoms with van der Waals surface area (Å²) >= 11 is 0. The van der Waals surface area contributed by atoms with Gasteiger partial charge in [-0.05, 0) is 30.0 Å². The predicted octanol–water partition coefficient (Wildman–Crippen LogP) is 4.73. The lowest BCUT2D eigenvalue weighted by atomic mass is 10.1. The fourth-order valence-corrected chi connectivity index (χ4v) is 3.73. The Morgan fingerprint density at radius 3 is 2.73 bits per heavy atom. The largest absolute Gasteiger partial charge is 0.493 e. The molecule has 4 rings (SSSR count). The lowest BCUT2D eigenvalue weighted by molar-refractivity contribution is -0.120.